The molecule has 0 amide bonds. The van der Waals surface area contributed by atoms with Crippen molar-refractivity contribution in [3.8, 4) is 11.5 Å². The van der Waals surface area contributed by atoms with Gasteiger partial charge in [0, 0.05) is 25.2 Å². The molecule has 1 rings (SSSR count). The highest BCUT2D eigenvalue weighted by atomic mass is 16.3. The van der Waals surface area contributed by atoms with E-state index in [0.29, 0.717) is 18.0 Å². The second kappa shape index (κ2) is 8.00. The number of nitrogens with zero attached hydrogens (tertiary/aromatic N) is 2. The van der Waals surface area contributed by atoms with Crippen molar-refractivity contribution in [2.24, 2.45) is 5.92 Å². The topological polar surface area (TPSA) is 64.0 Å². The Bertz CT molecular complexity index is 473. The average Bonchev–Trinajstić information content (AvgIpc) is 2.38. The molecule has 1 aromatic rings. The lowest BCUT2D eigenvalue weighted by Crippen LogP contribution is -2.37. The molecule has 21 heavy (non-hydrogen) atoms. The molecule has 0 saturated carbocycles. The van der Waals surface area contributed by atoms with Gasteiger partial charge in [0.2, 0.25) is 0 Å². The Morgan fingerprint density at radius 1 is 1.14 bits per heavy atom. The number of rotatable bonds is 8. The van der Waals surface area contributed by atoms with Crippen LogP contribution in [0.2, 0.25) is 0 Å². The van der Waals surface area contributed by atoms with E-state index in [-0.39, 0.29) is 17.3 Å². The molecule has 0 heterocycles. The van der Waals surface area contributed by atoms with Gasteiger partial charge in [-0.3, -0.25) is 9.69 Å². The molecule has 0 bridgehead atoms. The fourth-order valence-electron chi connectivity index (χ4n) is 2.08. The van der Waals surface area contributed by atoms with Crippen LogP contribution in [0.25, 0.3) is 0 Å². The number of carbonyl (C=O) groups is 1. The zero-order valence-electron chi connectivity index (χ0n) is 13.3. The number of aromatic hydroxyl groups is 2. The highest BCUT2D eigenvalue weighted by molar-refractivity contribution is 5.98. The number of hydrogen-bond donors (Lipinski definition) is 2. The van der Waals surface area contributed by atoms with Crippen LogP contribution in [0, 0.1) is 5.92 Å². The van der Waals surface area contributed by atoms with Crippen molar-refractivity contribution >= 4 is 5.78 Å². The molecule has 118 valence electrons. The van der Waals surface area contributed by atoms with Crippen molar-refractivity contribution in [3.63, 3.8) is 0 Å². The maximum absolute atomic E-state index is 12.3. The normalized spacial score (nSPS) is 11.6. The number of phenols is 2. The van der Waals surface area contributed by atoms with E-state index >= 15 is 0 Å². The summed E-state index contributed by atoms with van der Waals surface area (Å²) >= 11 is 0. The smallest absolute Gasteiger partial charge is 0.176 e. The Morgan fingerprint density at radius 3 is 2.33 bits per heavy atom. The predicted molar refractivity (Wildman–Crippen MR) is 83.9 cm³/mol. The molecule has 0 unspecified atom stereocenters. The van der Waals surface area contributed by atoms with Gasteiger partial charge in [-0.25, -0.2) is 0 Å². The summed E-state index contributed by atoms with van der Waals surface area (Å²) in [6, 6.07) is 4.20. The number of benzene rings is 1. The number of likely N-dealkylation sites (N-methyl/N-ethyl adjacent to an activating group) is 1. The summed E-state index contributed by atoms with van der Waals surface area (Å²) in [5.74, 6) is -0.0411. The van der Waals surface area contributed by atoms with Crippen molar-refractivity contribution in [1.29, 1.82) is 0 Å². The summed E-state index contributed by atoms with van der Waals surface area (Å²) in [5.41, 5.74) is 0.420. The minimum atomic E-state index is -0.260. The van der Waals surface area contributed by atoms with Crippen LogP contribution in [-0.4, -0.2) is 66.1 Å². The first-order chi connectivity index (χ1) is 9.79. The Kier molecular flexibility index (Phi) is 6.65. The molecule has 0 radical (unpaired) electrons. The summed E-state index contributed by atoms with van der Waals surface area (Å²) < 4.78 is 0. The fourth-order valence-corrected chi connectivity index (χ4v) is 2.08. The number of ketones is 1. The van der Waals surface area contributed by atoms with Gasteiger partial charge in [0.15, 0.2) is 17.3 Å². The van der Waals surface area contributed by atoms with E-state index in [1.54, 1.807) is 0 Å². The largest absolute Gasteiger partial charge is 0.504 e. The summed E-state index contributed by atoms with van der Waals surface area (Å²) in [6.45, 7) is 7.13. The van der Waals surface area contributed by atoms with Crippen molar-refractivity contribution in [2.45, 2.75) is 13.8 Å². The standard InChI is InChI=1S/C16H26N2O3/c1-12(2)10-18(8-7-17(3)4)11-16(21)13-5-6-14(19)15(20)9-13/h5-6,9,12,19-20H,7-8,10-11H2,1-4H3. The first-order valence-corrected chi connectivity index (χ1v) is 7.22. The maximum atomic E-state index is 12.3. The molecule has 0 spiro atoms. The first kappa shape index (κ1) is 17.5. The molecule has 0 aliphatic heterocycles. The second-order valence-corrected chi connectivity index (χ2v) is 6.06. The quantitative estimate of drug-likeness (QED) is 0.565. The molecule has 0 saturated heterocycles. The predicted octanol–water partition coefficient (Wildman–Crippen LogP) is 1.80. The van der Waals surface area contributed by atoms with Gasteiger partial charge in [0.1, 0.15) is 0 Å². The van der Waals surface area contributed by atoms with Gasteiger partial charge in [0.25, 0.3) is 0 Å². The molecule has 2 N–H and O–H groups in total. The van der Waals surface area contributed by atoms with Gasteiger partial charge in [0.05, 0.1) is 6.54 Å². The Hall–Kier alpha value is -1.59. The van der Waals surface area contributed by atoms with Crippen LogP contribution in [-0.2, 0) is 0 Å². The molecular formula is C16H26N2O3. The van der Waals surface area contributed by atoms with Crippen LogP contribution in [0.3, 0.4) is 0 Å². The van der Waals surface area contributed by atoms with Crippen LogP contribution in [0.1, 0.15) is 24.2 Å². The number of hydrogen-bond acceptors (Lipinski definition) is 5. The van der Waals surface area contributed by atoms with Crippen LogP contribution in [0.5, 0.6) is 11.5 Å². The third kappa shape index (κ3) is 6.14. The second-order valence-electron chi connectivity index (χ2n) is 6.06. The molecule has 1 aromatic carbocycles. The van der Waals surface area contributed by atoms with Gasteiger partial charge in [-0.05, 0) is 38.2 Å². The third-order valence-electron chi connectivity index (χ3n) is 3.15. The van der Waals surface area contributed by atoms with E-state index in [0.717, 1.165) is 19.6 Å². The minimum Gasteiger partial charge on any atom is -0.504 e. The molecule has 5 nitrogen and oxygen atoms in total. The Morgan fingerprint density at radius 2 is 1.81 bits per heavy atom. The zero-order valence-corrected chi connectivity index (χ0v) is 13.3. The summed E-state index contributed by atoms with van der Waals surface area (Å²) in [4.78, 5) is 16.5. The monoisotopic (exact) mass is 294 g/mol. The zero-order chi connectivity index (χ0) is 16.0. The number of Topliss-reactive ketones (excluding diaryl/α,β-unsaturated/α-hetero) is 1. The van der Waals surface area contributed by atoms with Gasteiger partial charge in [-0.15, -0.1) is 0 Å². The lowest BCUT2D eigenvalue weighted by Gasteiger charge is -2.25. The lowest BCUT2D eigenvalue weighted by molar-refractivity contribution is 0.0915. The van der Waals surface area contributed by atoms with Gasteiger partial charge in [-0.2, -0.15) is 0 Å². The minimum absolute atomic E-state index is 0.0512. The Balaban J connectivity index is 2.71. The molecular weight excluding hydrogens is 268 g/mol. The molecule has 0 aromatic heterocycles. The average molecular weight is 294 g/mol. The van der Waals surface area contributed by atoms with Crippen molar-refractivity contribution in [1.82, 2.24) is 9.80 Å². The van der Waals surface area contributed by atoms with Gasteiger partial charge >= 0.3 is 0 Å². The summed E-state index contributed by atoms with van der Waals surface area (Å²) in [6.07, 6.45) is 0. The fraction of sp³-hybridized carbons (Fsp3) is 0.562. The highest BCUT2D eigenvalue weighted by Gasteiger charge is 2.15. The van der Waals surface area contributed by atoms with Crippen molar-refractivity contribution in [2.75, 3.05) is 40.3 Å². The number of carbonyl (C=O) groups excluding carboxylic acids is 1. The van der Waals surface area contributed by atoms with Crippen LogP contribution in [0.4, 0.5) is 0 Å². The number of phenolic OH excluding ortho intramolecular Hbond substituents is 2. The van der Waals surface area contributed by atoms with Crippen LogP contribution in [0.15, 0.2) is 18.2 Å². The van der Waals surface area contributed by atoms with E-state index in [1.165, 1.54) is 18.2 Å². The van der Waals surface area contributed by atoms with E-state index < -0.39 is 0 Å². The van der Waals surface area contributed by atoms with E-state index in [4.69, 9.17) is 0 Å². The lowest BCUT2D eigenvalue weighted by atomic mass is 10.1. The van der Waals surface area contributed by atoms with Crippen molar-refractivity contribution < 1.29 is 15.0 Å². The molecule has 0 fully saturated rings. The SMILES string of the molecule is CC(C)CN(CCN(C)C)CC(=O)c1ccc(O)c(O)c1. The third-order valence-corrected chi connectivity index (χ3v) is 3.15. The Labute approximate surface area is 126 Å². The van der Waals surface area contributed by atoms with Gasteiger partial charge < -0.3 is 15.1 Å². The molecule has 0 aliphatic carbocycles. The van der Waals surface area contributed by atoms with E-state index in [1.807, 2.05) is 14.1 Å². The van der Waals surface area contributed by atoms with E-state index in [2.05, 4.69) is 23.6 Å². The summed E-state index contributed by atoms with van der Waals surface area (Å²) in [5, 5.41) is 18.8. The van der Waals surface area contributed by atoms with Gasteiger partial charge in [-0.1, -0.05) is 13.8 Å². The molecule has 5 heteroatoms. The highest BCUT2D eigenvalue weighted by Crippen LogP contribution is 2.25. The van der Waals surface area contributed by atoms with Crippen molar-refractivity contribution in [3.05, 3.63) is 23.8 Å². The van der Waals surface area contributed by atoms with E-state index in [9.17, 15) is 15.0 Å². The van der Waals surface area contributed by atoms with Crippen LogP contribution < -0.4 is 0 Å². The summed E-state index contributed by atoms with van der Waals surface area (Å²) in [7, 11) is 4.01. The maximum Gasteiger partial charge on any atom is 0.176 e. The first-order valence-electron chi connectivity index (χ1n) is 7.22. The molecule has 0 aliphatic rings. The molecule has 0 atom stereocenters. The van der Waals surface area contributed by atoms with Crippen LogP contribution >= 0.6 is 0 Å².